The predicted octanol–water partition coefficient (Wildman–Crippen LogP) is 3.09. The molecule has 0 saturated carbocycles. The number of hydrogen-bond donors (Lipinski definition) is 0. The number of hydrogen-bond acceptors (Lipinski definition) is 7. The molecule has 0 atom stereocenters. The van der Waals surface area contributed by atoms with Gasteiger partial charge in [0, 0.05) is 26.2 Å². The summed E-state index contributed by atoms with van der Waals surface area (Å²) in [7, 11) is 0. The molecule has 0 radical (unpaired) electrons. The van der Waals surface area contributed by atoms with Gasteiger partial charge in [0.2, 0.25) is 5.88 Å². The summed E-state index contributed by atoms with van der Waals surface area (Å²) in [6.45, 7) is 11.7. The van der Waals surface area contributed by atoms with Gasteiger partial charge in [0.15, 0.2) is 0 Å². The third-order valence-corrected chi connectivity index (χ3v) is 5.57. The number of aromatic nitrogens is 2. The highest BCUT2D eigenvalue weighted by Gasteiger charge is 2.30. The van der Waals surface area contributed by atoms with Crippen molar-refractivity contribution < 1.29 is 19.1 Å². The van der Waals surface area contributed by atoms with Crippen molar-refractivity contribution in [1.82, 2.24) is 19.8 Å². The molecule has 0 bridgehead atoms. The molecule has 1 aliphatic heterocycles. The number of fused-ring (bicyclic) bond motifs is 1. The molecule has 1 saturated heterocycles. The number of thiophene rings is 1. The Morgan fingerprint density at radius 1 is 1.14 bits per heavy atom. The van der Waals surface area contributed by atoms with E-state index in [-0.39, 0.29) is 12.0 Å². The first-order chi connectivity index (χ1) is 13.2. The largest absolute Gasteiger partial charge is 0.477 e. The summed E-state index contributed by atoms with van der Waals surface area (Å²) in [4.78, 5) is 38.6. The van der Waals surface area contributed by atoms with Crippen molar-refractivity contribution in [3.8, 4) is 5.88 Å². The second-order valence-electron chi connectivity index (χ2n) is 7.61. The number of rotatable bonds is 3. The van der Waals surface area contributed by atoms with Crippen LogP contribution in [-0.4, -0.2) is 70.2 Å². The molecule has 2 amide bonds. The lowest BCUT2D eigenvalue weighted by Gasteiger charge is -2.35. The molecule has 0 aliphatic carbocycles. The minimum Gasteiger partial charge on any atom is -0.477 e. The van der Waals surface area contributed by atoms with Crippen LogP contribution in [0.25, 0.3) is 10.2 Å². The Balaban J connectivity index is 1.73. The average molecular weight is 407 g/mol. The quantitative estimate of drug-likeness (QED) is 0.779. The van der Waals surface area contributed by atoms with Gasteiger partial charge in [0.1, 0.15) is 16.8 Å². The first kappa shape index (κ1) is 20.3. The predicted molar refractivity (Wildman–Crippen MR) is 107 cm³/mol. The first-order valence-corrected chi connectivity index (χ1v) is 10.2. The van der Waals surface area contributed by atoms with Crippen molar-refractivity contribution in [1.29, 1.82) is 0 Å². The summed E-state index contributed by atoms with van der Waals surface area (Å²) in [6, 6.07) is 0. The molecule has 152 valence electrons. The maximum Gasteiger partial charge on any atom is 0.410 e. The van der Waals surface area contributed by atoms with Crippen molar-refractivity contribution >= 4 is 33.6 Å². The summed E-state index contributed by atoms with van der Waals surface area (Å²) in [5.41, 5.74) is 0.306. The van der Waals surface area contributed by atoms with Crippen LogP contribution in [-0.2, 0) is 4.74 Å². The van der Waals surface area contributed by atoms with Crippen molar-refractivity contribution in [2.75, 3.05) is 32.8 Å². The van der Waals surface area contributed by atoms with E-state index in [4.69, 9.17) is 9.47 Å². The fourth-order valence-electron chi connectivity index (χ4n) is 3.05. The summed E-state index contributed by atoms with van der Waals surface area (Å²) in [5.74, 6) is 0.460. The number of carbonyl (C=O) groups is 2. The van der Waals surface area contributed by atoms with Gasteiger partial charge in [-0.15, -0.1) is 11.3 Å². The molecular formula is C19H26N4O4S. The Kier molecular flexibility index (Phi) is 5.74. The van der Waals surface area contributed by atoms with E-state index in [2.05, 4.69) is 9.97 Å². The molecule has 0 N–H and O–H groups in total. The van der Waals surface area contributed by atoms with Gasteiger partial charge in [0.05, 0.1) is 16.9 Å². The number of aryl methyl sites for hydroxylation is 1. The molecule has 3 rings (SSSR count). The van der Waals surface area contributed by atoms with Gasteiger partial charge in [-0.25, -0.2) is 14.8 Å². The third-order valence-electron chi connectivity index (χ3n) is 4.39. The zero-order valence-corrected chi connectivity index (χ0v) is 17.8. The number of nitrogens with zero attached hydrogens (tertiary/aromatic N) is 4. The number of amides is 2. The van der Waals surface area contributed by atoms with Gasteiger partial charge >= 0.3 is 6.09 Å². The fraction of sp³-hybridized carbons (Fsp3) is 0.579. The van der Waals surface area contributed by atoms with Gasteiger partial charge in [-0.2, -0.15) is 0 Å². The van der Waals surface area contributed by atoms with Crippen LogP contribution in [0.2, 0.25) is 0 Å². The SMILES string of the molecule is CCOc1ncnc2sc(C(=O)N3CCN(C(=O)OC(C)(C)C)CC3)c(C)c12. The Bertz CT molecular complexity index is 882. The Hall–Kier alpha value is -2.42. The van der Waals surface area contributed by atoms with E-state index in [1.807, 2.05) is 34.6 Å². The molecule has 1 fully saturated rings. The van der Waals surface area contributed by atoms with E-state index in [0.29, 0.717) is 43.5 Å². The molecule has 9 heteroatoms. The highest BCUT2D eigenvalue weighted by molar-refractivity contribution is 7.20. The highest BCUT2D eigenvalue weighted by Crippen LogP contribution is 2.35. The summed E-state index contributed by atoms with van der Waals surface area (Å²) < 4.78 is 11.0. The Labute approximate surface area is 168 Å². The van der Waals surface area contributed by atoms with Gasteiger partial charge in [-0.1, -0.05) is 0 Å². The fourth-order valence-corrected chi connectivity index (χ4v) is 4.16. The molecule has 1 aliphatic rings. The molecule has 0 unspecified atom stereocenters. The van der Waals surface area contributed by atoms with Crippen molar-refractivity contribution in [2.45, 2.75) is 40.2 Å². The molecule has 3 heterocycles. The third kappa shape index (κ3) is 4.19. The van der Waals surface area contributed by atoms with E-state index in [1.165, 1.54) is 17.7 Å². The van der Waals surface area contributed by atoms with Gasteiger partial charge in [-0.3, -0.25) is 4.79 Å². The molecule has 2 aromatic heterocycles. The topological polar surface area (TPSA) is 84.9 Å². The van der Waals surface area contributed by atoms with Crippen LogP contribution < -0.4 is 4.74 Å². The summed E-state index contributed by atoms with van der Waals surface area (Å²) >= 11 is 1.35. The van der Waals surface area contributed by atoms with Gasteiger partial charge in [0.25, 0.3) is 5.91 Å². The molecule has 28 heavy (non-hydrogen) atoms. The van der Waals surface area contributed by atoms with E-state index in [1.54, 1.807) is 9.80 Å². The lowest BCUT2D eigenvalue weighted by molar-refractivity contribution is 0.0141. The second kappa shape index (κ2) is 7.90. The lowest BCUT2D eigenvalue weighted by Crippen LogP contribution is -2.51. The highest BCUT2D eigenvalue weighted by atomic mass is 32.1. The van der Waals surface area contributed by atoms with Crippen molar-refractivity contribution in [2.24, 2.45) is 0 Å². The van der Waals surface area contributed by atoms with Crippen molar-refractivity contribution in [3.05, 3.63) is 16.8 Å². The van der Waals surface area contributed by atoms with Crippen LogP contribution in [0, 0.1) is 6.92 Å². The van der Waals surface area contributed by atoms with Crippen LogP contribution in [0.4, 0.5) is 4.79 Å². The second-order valence-corrected chi connectivity index (χ2v) is 8.61. The molecule has 0 spiro atoms. The monoisotopic (exact) mass is 406 g/mol. The zero-order valence-electron chi connectivity index (χ0n) is 16.9. The minimum atomic E-state index is -0.530. The first-order valence-electron chi connectivity index (χ1n) is 9.35. The zero-order chi connectivity index (χ0) is 20.5. The van der Waals surface area contributed by atoms with Crippen LogP contribution in [0.1, 0.15) is 42.9 Å². The van der Waals surface area contributed by atoms with E-state index < -0.39 is 5.60 Å². The van der Waals surface area contributed by atoms with Crippen LogP contribution in [0.5, 0.6) is 5.88 Å². The van der Waals surface area contributed by atoms with E-state index >= 15 is 0 Å². The normalized spacial score (nSPS) is 15.0. The van der Waals surface area contributed by atoms with Crippen LogP contribution in [0.3, 0.4) is 0 Å². The molecule has 2 aromatic rings. The molecule has 8 nitrogen and oxygen atoms in total. The van der Waals surface area contributed by atoms with Crippen molar-refractivity contribution in [3.63, 3.8) is 0 Å². The average Bonchev–Trinajstić information content (AvgIpc) is 2.98. The smallest absolute Gasteiger partial charge is 0.410 e. The van der Waals surface area contributed by atoms with Gasteiger partial charge in [-0.05, 0) is 40.2 Å². The summed E-state index contributed by atoms with van der Waals surface area (Å²) in [5, 5.41) is 0.796. The maximum atomic E-state index is 13.1. The molecular weight excluding hydrogens is 380 g/mol. The van der Waals surface area contributed by atoms with E-state index in [9.17, 15) is 9.59 Å². The maximum absolute atomic E-state index is 13.1. The molecule has 0 aromatic carbocycles. The number of carbonyl (C=O) groups excluding carboxylic acids is 2. The van der Waals surface area contributed by atoms with Gasteiger partial charge < -0.3 is 19.3 Å². The summed E-state index contributed by atoms with van der Waals surface area (Å²) in [6.07, 6.45) is 1.12. The van der Waals surface area contributed by atoms with Crippen LogP contribution >= 0.6 is 11.3 Å². The minimum absolute atomic E-state index is 0.0493. The number of piperazine rings is 1. The Morgan fingerprint density at radius 2 is 1.79 bits per heavy atom. The lowest BCUT2D eigenvalue weighted by atomic mass is 10.2. The van der Waals surface area contributed by atoms with Crippen LogP contribution in [0.15, 0.2) is 6.33 Å². The van der Waals surface area contributed by atoms with E-state index in [0.717, 1.165) is 15.8 Å². The standard InChI is InChI=1S/C19H26N4O4S/c1-6-26-15-13-12(2)14(28-16(13)21-11-20-15)17(24)22-7-9-23(10-8-22)18(25)27-19(3,4)5/h11H,6-10H2,1-5H3. The Morgan fingerprint density at radius 3 is 2.39 bits per heavy atom. The number of ether oxygens (including phenoxy) is 2.